The number of carbonyl (C=O) groups is 2. The van der Waals surface area contributed by atoms with E-state index in [1.165, 1.54) is 0 Å². The van der Waals surface area contributed by atoms with Gasteiger partial charge in [0.25, 0.3) is 0 Å². The van der Waals surface area contributed by atoms with Gasteiger partial charge in [0.05, 0.1) is 12.7 Å². The molecule has 1 rings (SSSR count). The Morgan fingerprint density at radius 3 is 2.75 bits per heavy atom. The van der Waals surface area contributed by atoms with Crippen LogP contribution in [0.15, 0.2) is 12.3 Å². The lowest BCUT2D eigenvalue weighted by Gasteiger charge is -2.13. The lowest BCUT2D eigenvalue weighted by molar-refractivity contribution is -0.139. The van der Waals surface area contributed by atoms with Gasteiger partial charge < -0.3 is 10.4 Å². The van der Waals surface area contributed by atoms with Crippen molar-refractivity contribution < 1.29 is 14.7 Å². The Balaban J connectivity index is 2.46. The number of carboxylic acid groups (broad SMARTS) is 1. The fraction of sp³-hybridized carbons (Fsp3) is 0.615. The normalized spacial score (nSPS) is 12.1. The maximum atomic E-state index is 11.8. The van der Waals surface area contributed by atoms with E-state index in [1.807, 2.05) is 13.8 Å². The van der Waals surface area contributed by atoms with E-state index in [0.29, 0.717) is 12.2 Å². The number of aromatic nitrogens is 2. The highest BCUT2D eigenvalue weighted by atomic mass is 16.4. The zero-order valence-corrected chi connectivity index (χ0v) is 11.9. The second-order valence-corrected chi connectivity index (χ2v) is 4.55. The van der Waals surface area contributed by atoms with Crippen molar-refractivity contribution in [2.75, 3.05) is 11.9 Å². The van der Waals surface area contributed by atoms with Gasteiger partial charge in [-0.15, -0.1) is 0 Å². The Morgan fingerprint density at radius 1 is 1.40 bits per heavy atom. The fourth-order valence-corrected chi connectivity index (χ4v) is 1.83. The number of aryl methyl sites for hydroxylation is 1. The summed E-state index contributed by atoms with van der Waals surface area (Å²) in [5, 5.41) is 18.5. The highest BCUT2D eigenvalue weighted by molar-refractivity contribution is 5.91. The van der Waals surface area contributed by atoms with Crippen LogP contribution >= 0.6 is 0 Å². The van der Waals surface area contributed by atoms with Crippen molar-refractivity contribution in [1.82, 2.24) is 15.1 Å². The van der Waals surface area contributed by atoms with E-state index in [0.717, 1.165) is 19.4 Å². The molecule has 20 heavy (non-hydrogen) atoms. The number of carboxylic acids is 1. The van der Waals surface area contributed by atoms with Crippen LogP contribution in [0.25, 0.3) is 0 Å². The summed E-state index contributed by atoms with van der Waals surface area (Å²) in [4.78, 5) is 22.7. The van der Waals surface area contributed by atoms with Gasteiger partial charge in [0, 0.05) is 12.6 Å². The van der Waals surface area contributed by atoms with Gasteiger partial charge in [-0.1, -0.05) is 20.3 Å². The van der Waals surface area contributed by atoms with Gasteiger partial charge >= 0.3 is 5.97 Å². The number of anilines is 1. The van der Waals surface area contributed by atoms with Gasteiger partial charge in [-0.25, -0.2) is 4.68 Å². The molecule has 0 saturated carbocycles. The van der Waals surface area contributed by atoms with E-state index in [2.05, 4.69) is 15.7 Å². The molecule has 7 nitrogen and oxygen atoms in total. The zero-order valence-electron chi connectivity index (χ0n) is 11.9. The Morgan fingerprint density at radius 2 is 2.15 bits per heavy atom. The molecule has 0 bridgehead atoms. The van der Waals surface area contributed by atoms with Crippen molar-refractivity contribution >= 4 is 17.7 Å². The summed E-state index contributed by atoms with van der Waals surface area (Å²) < 4.78 is 1.71. The maximum absolute atomic E-state index is 11.8. The van der Waals surface area contributed by atoms with E-state index < -0.39 is 12.0 Å². The molecule has 0 aliphatic heterocycles. The SMILES string of the molecule is CCCC(NCC(=O)Nc1ccnn1CCC)C(=O)O. The summed E-state index contributed by atoms with van der Waals surface area (Å²) in [6, 6.07) is 1.03. The molecule has 0 saturated heterocycles. The number of hydrogen-bond donors (Lipinski definition) is 3. The van der Waals surface area contributed by atoms with Gasteiger partial charge in [-0.3, -0.25) is 14.9 Å². The Labute approximate surface area is 118 Å². The molecule has 0 aromatic carbocycles. The lowest BCUT2D eigenvalue weighted by Crippen LogP contribution is -2.41. The first-order valence-corrected chi connectivity index (χ1v) is 6.86. The average Bonchev–Trinajstić information content (AvgIpc) is 2.82. The third-order valence-corrected chi connectivity index (χ3v) is 2.80. The van der Waals surface area contributed by atoms with Crippen LogP contribution in [0.5, 0.6) is 0 Å². The van der Waals surface area contributed by atoms with Gasteiger partial charge in [0.15, 0.2) is 0 Å². The molecule has 0 aliphatic rings. The molecule has 1 aromatic rings. The van der Waals surface area contributed by atoms with Crippen molar-refractivity contribution in [2.45, 2.75) is 45.7 Å². The second kappa shape index (κ2) is 8.31. The third-order valence-electron chi connectivity index (χ3n) is 2.80. The van der Waals surface area contributed by atoms with E-state index in [-0.39, 0.29) is 12.5 Å². The predicted molar refractivity (Wildman–Crippen MR) is 75.5 cm³/mol. The largest absolute Gasteiger partial charge is 0.480 e. The van der Waals surface area contributed by atoms with Crippen molar-refractivity contribution in [3.8, 4) is 0 Å². The van der Waals surface area contributed by atoms with Gasteiger partial charge in [-0.05, 0) is 12.8 Å². The van der Waals surface area contributed by atoms with E-state index in [4.69, 9.17) is 5.11 Å². The van der Waals surface area contributed by atoms with Crippen LogP contribution in [-0.2, 0) is 16.1 Å². The molecule has 1 aromatic heterocycles. The van der Waals surface area contributed by atoms with Crippen molar-refractivity contribution in [3.63, 3.8) is 0 Å². The summed E-state index contributed by atoms with van der Waals surface area (Å²) in [5.74, 6) is -0.582. The van der Waals surface area contributed by atoms with E-state index >= 15 is 0 Å². The fourth-order valence-electron chi connectivity index (χ4n) is 1.83. The number of amides is 1. The lowest BCUT2D eigenvalue weighted by atomic mass is 10.2. The molecule has 1 amide bonds. The summed E-state index contributed by atoms with van der Waals surface area (Å²) in [5.41, 5.74) is 0. The smallest absolute Gasteiger partial charge is 0.320 e. The third kappa shape index (κ3) is 5.00. The van der Waals surface area contributed by atoms with Crippen LogP contribution in [0, 0.1) is 0 Å². The maximum Gasteiger partial charge on any atom is 0.320 e. The Kier molecular flexibility index (Phi) is 6.72. The van der Waals surface area contributed by atoms with E-state index in [1.54, 1.807) is 16.9 Å². The highest BCUT2D eigenvalue weighted by Crippen LogP contribution is 2.06. The van der Waals surface area contributed by atoms with Gasteiger partial charge in [-0.2, -0.15) is 5.10 Å². The van der Waals surface area contributed by atoms with E-state index in [9.17, 15) is 9.59 Å². The first kappa shape index (κ1) is 16.2. The monoisotopic (exact) mass is 282 g/mol. The summed E-state index contributed by atoms with van der Waals surface area (Å²) in [7, 11) is 0. The first-order valence-electron chi connectivity index (χ1n) is 6.86. The average molecular weight is 282 g/mol. The Bertz CT molecular complexity index is 445. The number of nitrogens with one attached hydrogen (secondary N) is 2. The minimum absolute atomic E-state index is 0.0335. The molecular formula is C13H22N4O3. The molecule has 112 valence electrons. The first-order chi connectivity index (χ1) is 9.58. The molecule has 0 spiro atoms. The van der Waals surface area contributed by atoms with Crippen molar-refractivity contribution in [1.29, 1.82) is 0 Å². The molecular weight excluding hydrogens is 260 g/mol. The van der Waals surface area contributed by atoms with Crippen molar-refractivity contribution in [2.24, 2.45) is 0 Å². The van der Waals surface area contributed by atoms with Crippen LogP contribution in [-0.4, -0.2) is 39.4 Å². The van der Waals surface area contributed by atoms with Crippen LogP contribution in [0.2, 0.25) is 0 Å². The molecule has 0 fully saturated rings. The highest BCUT2D eigenvalue weighted by Gasteiger charge is 2.17. The van der Waals surface area contributed by atoms with Crippen LogP contribution in [0.3, 0.4) is 0 Å². The number of carbonyl (C=O) groups excluding carboxylic acids is 1. The number of hydrogen-bond acceptors (Lipinski definition) is 4. The summed E-state index contributed by atoms with van der Waals surface area (Å²) in [6.45, 7) is 4.62. The summed E-state index contributed by atoms with van der Waals surface area (Å²) in [6.07, 6.45) is 3.78. The molecule has 7 heteroatoms. The second-order valence-electron chi connectivity index (χ2n) is 4.55. The predicted octanol–water partition coefficient (Wildman–Crippen LogP) is 1.07. The minimum Gasteiger partial charge on any atom is -0.480 e. The minimum atomic E-state index is -0.935. The van der Waals surface area contributed by atoms with Crippen LogP contribution < -0.4 is 10.6 Å². The Hall–Kier alpha value is -1.89. The zero-order chi connectivity index (χ0) is 15.0. The standard InChI is InChI=1S/C13H22N4O3/c1-3-5-10(13(19)20)14-9-12(18)16-11-6-7-15-17(11)8-4-2/h6-7,10,14H,3-5,8-9H2,1-2H3,(H,16,18)(H,19,20). The molecule has 0 radical (unpaired) electrons. The number of nitrogens with zero attached hydrogens (tertiary/aromatic N) is 2. The molecule has 1 unspecified atom stereocenters. The molecule has 1 atom stereocenters. The number of aliphatic carboxylic acids is 1. The van der Waals surface area contributed by atoms with Gasteiger partial charge in [0.2, 0.25) is 5.91 Å². The number of rotatable bonds is 9. The quantitative estimate of drug-likeness (QED) is 0.629. The van der Waals surface area contributed by atoms with Crippen molar-refractivity contribution in [3.05, 3.63) is 12.3 Å². The summed E-state index contributed by atoms with van der Waals surface area (Å²) >= 11 is 0. The topological polar surface area (TPSA) is 96.3 Å². The van der Waals surface area contributed by atoms with Crippen LogP contribution in [0.4, 0.5) is 5.82 Å². The van der Waals surface area contributed by atoms with Gasteiger partial charge in [0.1, 0.15) is 11.9 Å². The molecule has 1 heterocycles. The van der Waals surface area contributed by atoms with Crippen LogP contribution in [0.1, 0.15) is 33.1 Å². The molecule has 3 N–H and O–H groups in total. The molecule has 0 aliphatic carbocycles.